The molecule has 2 N–H and O–H groups in total. The molecule has 0 aromatic carbocycles. The molecule has 1 aliphatic carbocycles. The monoisotopic (exact) mass is 277 g/mol. The summed E-state index contributed by atoms with van der Waals surface area (Å²) in [6, 6.07) is 0. The second-order valence-corrected chi connectivity index (χ2v) is 6.57. The summed E-state index contributed by atoms with van der Waals surface area (Å²) in [7, 11) is 0. The Morgan fingerprint density at radius 1 is 1.21 bits per heavy atom. The number of nitrogens with zero attached hydrogens (tertiary/aromatic N) is 2. The van der Waals surface area contributed by atoms with Gasteiger partial charge in [-0.2, -0.15) is 4.98 Å². The van der Waals surface area contributed by atoms with E-state index in [1.807, 2.05) is 0 Å². The average Bonchev–Trinajstić information content (AvgIpc) is 2.97. The van der Waals surface area contributed by atoms with Gasteiger partial charge < -0.3 is 10.3 Å². The van der Waals surface area contributed by atoms with Crippen LogP contribution in [0.15, 0.2) is 4.52 Å². The number of aromatic nitrogens is 2. The molecule has 0 aliphatic heterocycles. The standard InChI is InChI=1S/C14H19N3OS/c1-8-9(2)19-12(15)11(8)14-16-13(17-18-14)10-6-4-3-5-7-10/h10H,3-7,15H2,1-2H3. The molecule has 1 saturated carbocycles. The molecule has 102 valence electrons. The quantitative estimate of drug-likeness (QED) is 0.899. The predicted octanol–water partition coefficient (Wildman–Crippen LogP) is 4.04. The molecule has 0 unspecified atom stereocenters. The predicted molar refractivity (Wildman–Crippen MR) is 77.3 cm³/mol. The lowest BCUT2D eigenvalue weighted by Crippen LogP contribution is -2.06. The molecular weight excluding hydrogens is 258 g/mol. The highest BCUT2D eigenvalue weighted by Crippen LogP contribution is 2.38. The molecule has 1 aliphatic rings. The number of rotatable bonds is 2. The summed E-state index contributed by atoms with van der Waals surface area (Å²) in [5.74, 6) is 1.91. The second-order valence-electron chi connectivity index (χ2n) is 5.32. The van der Waals surface area contributed by atoms with Crippen molar-refractivity contribution in [3.05, 3.63) is 16.3 Å². The minimum Gasteiger partial charge on any atom is -0.390 e. The summed E-state index contributed by atoms with van der Waals surface area (Å²) >= 11 is 1.59. The van der Waals surface area contributed by atoms with Crippen LogP contribution in [0.5, 0.6) is 0 Å². The molecule has 0 bridgehead atoms. The molecule has 0 atom stereocenters. The normalized spacial score (nSPS) is 16.9. The van der Waals surface area contributed by atoms with E-state index in [1.165, 1.54) is 37.0 Å². The minimum absolute atomic E-state index is 0.465. The van der Waals surface area contributed by atoms with E-state index in [0.29, 0.717) is 11.8 Å². The van der Waals surface area contributed by atoms with E-state index < -0.39 is 0 Å². The van der Waals surface area contributed by atoms with Gasteiger partial charge in [0.15, 0.2) is 5.82 Å². The van der Waals surface area contributed by atoms with Crippen molar-refractivity contribution in [3.8, 4) is 11.5 Å². The molecule has 0 spiro atoms. The van der Waals surface area contributed by atoms with Crippen LogP contribution in [-0.2, 0) is 0 Å². The molecule has 2 aromatic rings. The molecule has 2 heterocycles. The summed E-state index contributed by atoms with van der Waals surface area (Å²) in [6.45, 7) is 4.13. The lowest BCUT2D eigenvalue weighted by molar-refractivity contribution is 0.385. The van der Waals surface area contributed by atoms with Crippen molar-refractivity contribution in [2.24, 2.45) is 0 Å². The molecule has 2 aromatic heterocycles. The van der Waals surface area contributed by atoms with Gasteiger partial charge in [0.2, 0.25) is 0 Å². The number of nitrogen functional groups attached to an aromatic ring is 1. The van der Waals surface area contributed by atoms with Crippen LogP contribution in [0.4, 0.5) is 5.00 Å². The van der Waals surface area contributed by atoms with E-state index >= 15 is 0 Å². The highest BCUT2D eigenvalue weighted by molar-refractivity contribution is 7.16. The van der Waals surface area contributed by atoms with Gasteiger partial charge in [-0.15, -0.1) is 11.3 Å². The van der Waals surface area contributed by atoms with E-state index in [0.717, 1.165) is 22.0 Å². The first-order valence-corrected chi connectivity index (χ1v) is 7.68. The smallest absolute Gasteiger partial charge is 0.261 e. The maximum absolute atomic E-state index is 6.05. The SMILES string of the molecule is Cc1sc(N)c(-c2nc(C3CCCCC3)no2)c1C. The Bertz CT molecular complexity index is 582. The number of aryl methyl sites for hydroxylation is 1. The van der Waals surface area contributed by atoms with Crippen LogP contribution in [0.1, 0.15) is 54.3 Å². The van der Waals surface area contributed by atoms with Crippen molar-refractivity contribution >= 4 is 16.3 Å². The van der Waals surface area contributed by atoms with Crippen LogP contribution >= 0.6 is 11.3 Å². The van der Waals surface area contributed by atoms with Crippen molar-refractivity contribution in [1.29, 1.82) is 0 Å². The number of thiophene rings is 1. The Kier molecular flexibility index (Phi) is 3.31. The molecular formula is C14H19N3OS. The maximum atomic E-state index is 6.05. The van der Waals surface area contributed by atoms with Gasteiger partial charge in [0, 0.05) is 10.8 Å². The van der Waals surface area contributed by atoms with E-state index in [-0.39, 0.29) is 0 Å². The minimum atomic E-state index is 0.465. The first-order valence-electron chi connectivity index (χ1n) is 6.86. The van der Waals surface area contributed by atoms with Crippen molar-refractivity contribution in [3.63, 3.8) is 0 Å². The highest BCUT2D eigenvalue weighted by Gasteiger charge is 2.23. The van der Waals surface area contributed by atoms with Crippen molar-refractivity contribution in [2.45, 2.75) is 51.9 Å². The molecule has 0 amide bonds. The third kappa shape index (κ3) is 2.27. The second kappa shape index (κ2) is 4.96. The van der Waals surface area contributed by atoms with E-state index in [9.17, 15) is 0 Å². The maximum Gasteiger partial charge on any atom is 0.261 e. The zero-order chi connectivity index (χ0) is 13.4. The van der Waals surface area contributed by atoms with E-state index in [4.69, 9.17) is 10.3 Å². The Labute approximate surface area is 117 Å². The van der Waals surface area contributed by atoms with Crippen molar-refractivity contribution in [1.82, 2.24) is 10.1 Å². The average molecular weight is 277 g/mol. The van der Waals surface area contributed by atoms with Crippen LogP contribution in [0, 0.1) is 13.8 Å². The molecule has 0 saturated heterocycles. The van der Waals surface area contributed by atoms with Gasteiger partial charge in [-0.25, -0.2) is 0 Å². The molecule has 3 rings (SSSR count). The van der Waals surface area contributed by atoms with E-state index in [1.54, 1.807) is 11.3 Å². The van der Waals surface area contributed by atoms with Crippen LogP contribution in [0.3, 0.4) is 0 Å². The van der Waals surface area contributed by atoms with Gasteiger partial charge in [0.1, 0.15) is 0 Å². The Morgan fingerprint density at radius 3 is 2.58 bits per heavy atom. The Hall–Kier alpha value is -1.36. The van der Waals surface area contributed by atoms with Gasteiger partial charge in [-0.1, -0.05) is 24.4 Å². The van der Waals surface area contributed by atoms with Crippen LogP contribution in [-0.4, -0.2) is 10.1 Å². The van der Waals surface area contributed by atoms with Gasteiger partial charge in [0.25, 0.3) is 5.89 Å². The van der Waals surface area contributed by atoms with Crippen molar-refractivity contribution < 1.29 is 4.52 Å². The fourth-order valence-corrected chi connectivity index (χ4v) is 3.71. The number of hydrogen-bond donors (Lipinski definition) is 1. The zero-order valence-electron chi connectivity index (χ0n) is 11.4. The first-order chi connectivity index (χ1) is 9.16. The van der Waals surface area contributed by atoms with Gasteiger partial charge in [-0.05, 0) is 32.3 Å². The summed E-state index contributed by atoms with van der Waals surface area (Å²) in [4.78, 5) is 5.80. The highest BCUT2D eigenvalue weighted by atomic mass is 32.1. The third-order valence-electron chi connectivity index (χ3n) is 4.04. The molecule has 19 heavy (non-hydrogen) atoms. The van der Waals surface area contributed by atoms with Crippen LogP contribution in [0.2, 0.25) is 0 Å². The molecule has 0 radical (unpaired) electrons. The number of hydrogen-bond acceptors (Lipinski definition) is 5. The lowest BCUT2D eigenvalue weighted by Gasteiger charge is -2.17. The zero-order valence-corrected chi connectivity index (χ0v) is 12.2. The summed E-state index contributed by atoms with van der Waals surface area (Å²) < 4.78 is 5.44. The summed E-state index contributed by atoms with van der Waals surface area (Å²) in [6.07, 6.45) is 6.23. The summed E-state index contributed by atoms with van der Waals surface area (Å²) in [5.41, 5.74) is 8.13. The van der Waals surface area contributed by atoms with Crippen LogP contribution in [0.25, 0.3) is 11.5 Å². The fraction of sp³-hybridized carbons (Fsp3) is 0.571. The van der Waals surface area contributed by atoms with Gasteiger partial charge in [-0.3, -0.25) is 0 Å². The van der Waals surface area contributed by atoms with Crippen LogP contribution < -0.4 is 5.73 Å². The van der Waals surface area contributed by atoms with E-state index in [2.05, 4.69) is 24.0 Å². The molecule has 4 nitrogen and oxygen atoms in total. The van der Waals surface area contributed by atoms with Crippen molar-refractivity contribution in [2.75, 3.05) is 5.73 Å². The molecule has 5 heteroatoms. The lowest BCUT2D eigenvalue weighted by atomic mass is 9.89. The van der Waals surface area contributed by atoms with Gasteiger partial charge >= 0.3 is 0 Å². The third-order valence-corrected chi connectivity index (χ3v) is 5.07. The number of nitrogens with two attached hydrogens (primary N) is 1. The largest absolute Gasteiger partial charge is 0.390 e. The topological polar surface area (TPSA) is 64.9 Å². The van der Waals surface area contributed by atoms with Gasteiger partial charge in [0.05, 0.1) is 10.6 Å². The summed E-state index contributed by atoms with van der Waals surface area (Å²) in [5, 5.41) is 4.94. The molecule has 1 fully saturated rings. The Balaban J connectivity index is 1.92. The number of anilines is 1. The fourth-order valence-electron chi connectivity index (χ4n) is 2.78. The first kappa shape index (κ1) is 12.7. The Morgan fingerprint density at radius 2 is 1.95 bits per heavy atom.